The molecule has 88 valence electrons. The van der Waals surface area contributed by atoms with E-state index in [-0.39, 0.29) is 0 Å². The Labute approximate surface area is 106 Å². The fourth-order valence-corrected chi connectivity index (χ4v) is 2.94. The number of benzene rings is 1. The molecule has 0 heterocycles. The van der Waals surface area contributed by atoms with E-state index in [1.54, 1.807) is 0 Å². The minimum absolute atomic E-state index is 0.448. The van der Waals surface area contributed by atoms with E-state index in [2.05, 4.69) is 41.1 Å². The molecule has 0 spiro atoms. The summed E-state index contributed by atoms with van der Waals surface area (Å²) < 4.78 is 1.14. The maximum absolute atomic E-state index is 10.5. The lowest BCUT2D eigenvalue weighted by Crippen LogP contribution is -2.35. The smallest absolute Gasteiger partial charge is 0.0691 e. The van der Waals surface area contributed by atoms with Crippen LogP contribution in [0.25, 0.3) is 0 Å². The minimum Gasteiger partial charge on any atom is -0.390 e. The third kappa shape index (κ3) is 2.67. The molecule has 1 unspecified atom stereocenters. The van der Waals surface area contributed by atoms with Gasteiger partial charge in [-0.3, -0.25) is 0 Å². The van der Waals surface area contributed by atoms with Crippen molar-refractivity contribution in [3.63, 3.8) is 0 Å². The summed E-state index contributed by atoms with van der Waals surface area (Å²) in [5, 5.41) is 10.5. The molecule has 1 aliphatic carbocycles. The van der Waals surface area contributed by atoms with Crippen LogP contribution in [0, 0.1) is 0 Å². The van der Waals surface area contributed by atoms with Gasteiger partial charge in [-0.1, -0.05) is 41.8 Å². The molecule has 1 atom stereocenters. The Bertz CT molecular complexity index is 375. The van der Waals surface area contributed by atoms with Crippen molar-refractivity contribution in [2.24, 2.45) is 0 Å². The summed E-state index contributed by atoms with van der Waals surface area (Å²) in [6.45, 7) is 2.18. The standard InChI is InChI=1S/C14H19BrO/c1-2-3-7-14(16)8-6-11-9-13(15)5-4-12(11)10-14/h4-5,9,16H,2-3,6-8,10H2,1H3. The molecule has 0 saturated carbocycles. The first-order chi connectivity index (χ1) is 7.63. The van der Waals surface area contributed by atoms with E-state index in [0.29, 0.717) is 0 Å². The number of aryl methyl sites for hydroxylation is 1. The van der Waals surface area contributed by atoms with Crippen LogP contribution < -0.4 is 0 Å². The van der Waals surface area contributed by atoms with Crippen molar-refractivity contribution in [2.75, 3.05) is 0 Å². The Balaban J connectivity index is 2.14. The molecule has 0 saturated heterocycles. The first-order valence-corrected chi connectivity index (χ1v) is 6.92. The predicted molar refractivity (Wildman–Crippen MR) is 70.6 cm³/mol. The van der Waals surface area contributed by atoms with E-state index < -0.39 is 5.60 Å². The summed E-state index contributed by atoms with van der Waals surface area (Å²) in [4.78, 5) is 0. The first kappa shape index (κ1) is 12.1. The molecule has 1 aromatic rings. The Hall–Kier alpha value is -0.340. The van der Waals surface area contributed by atoms with Crippen molar-refractivity contribution in [2.45, 2.75) is 51.0 Å². The van der Waals surface area contributed by atoms with Gasteiger partial charge >= 0.3 is 0 Å². The Morgan fingerprint density at radius 1 is 1.38 bits per heavy atom. The summed E-state index contributed by atoms with van der Waals surface area (Å²) >= 11 is 3.50. The molecule has 16 heavy (non-hydrogen) atoms. The van der Waals surface area contributed by atoms with Crippen molar-refractivity contribution in [3.05, 3.63) is 33.8 Å². The van der Waals surface area contributed by atoms with Crippen molar-refractivity contribution >= 4 is 15.9 Å². The van der Waals surface area contributed by atoms with E-state index in [1.165, 1.54) is 11.1 Å². The molecule has 0 radical (unpaired) electrons. The fraction of sp³-hybridized carbons (Fsp3) is 0.571. The Kier molecular flexibility index (Phi) is 3.70. The SMILES string of the molecule is CCCCC1(O)CCc2cc(Br)ccc2C1. The normalized spacial score (nSPS) is 24.2. The first-order valence-electron chi connectivity index (χ1n) is 6.13. The molecule has 1 N–H and O–H groups in total. The van der Waals surface area contributed by atoms with Gasteiger partial charge in [-0.05, 0) is 42.5 Å². The lowest BCUT2D eigenvalue weighted by atomic mass is 9.78. The van der Waals surface area contributed by atoms with Gasteiger partial charge in [0.2, 0.25) is 0 Å². The molecule has 0 aliphatic heterocycles. The number of rotatable bonds is 3. The number of unbranched alkanes of at least 4 members (excludes halogenated alkanes) is 1. The molecule has 1 aromatic carbocycles. The molecular weight excluding hydrogens is 264 g/mol. The topological polar surface area (TPSA) is 20.2 Å². The molecule has 0 aromatic heterocycles. The summed E-state index contributed by atoms with van der Waals surface area (Å²) in [6, 6.07) is 6.41. The highest BCUT2D eigenvalue weighted by atomic mass is 79.9. The Morgan fingerprint density at radius 3 is 2.94 bits per heavy atom. The average molecular weight is 283 g/mol. The van der Waals surface area contributed by atoms with Crippen LogP contribution in [0.5, 0.6) is 0 Å². The second kappa shape index (κ2) is 4.89. The van der Waals surface area contributed by atoms with Crippen LogP contribution in [-0.2, 0) is 12.8 Å². The molecule has 0 amide bonds. The number of hydrogen-bond acceptors (Lipinski definition) is 1. The van der Waals surface area contributed by atoms with Crippen molar-refractivity contribution < 1.29 is 5.11 Å². The van der Waals surface area contributed by atoms with E-state index in [9.17, 15) is 5.11 Å². The summed E-state index contributed by atoms with van der Waals surface area (Å²) in [5.41, 5.74) is 2.28. The van der Waals surface area contributed by atoms with Crippen LogP contribution in [0.15, 0.2) is 22.7 Å². The molecule has 1 nitrogen and oxygen atoms in total. The van der Waals surface area contributed by atoms with Crippen LogP contribution in [-0.4, -0.2) is 10.7 Å². The third-order valence-electron chi connectivity index (χ3n) is 3.54. The van der Waals surface area contributed by atoms with Crippen LogP contribution in [0.4, 0.5) is 0 Å². The van der Waals surface area contributed by atoms with E-state index >= 15 is 0 Å². The predicted octanol–water partition coefficient (Wildman–Crippen LogP) is 3.86. The number of halogens is 1. The van der Waals surface area contributed by atoms with Gasteiger partial charge in [0.05, 0.1) is 5.60 Å². The quantitative estimate of drug-likeness (QED) is 0.893. The lowest BCUT2D eigenvalue weighted by molar-refractivity contribution is 0.0159. The second-order valence-electron chi connectivity index (χ2n) is 4.92. The van der Waals surface area contributed by atoms with Crippen LogP contribution >= 0.6 is 15.9 Å². The van der Waals surface area contributed by atoms with E-state index in [1.807, 2.05) is 0 Å². The van der Waals surface area contributed by atoms with Gasteiger partial charge in [0.1, 0.15) is 0 Å². The molecule has 0 bridgehead atoms. The highest BCUT2D eigenvalue weighted by Gasteiger charge is 2.31. The average Bonchev–Trinajstić information content (AvgIpc) is 2.27. The maximum Gasteiger partial charge on any atom is 0.0691 e. The second-order valence-corrected chi connectivity index (χ2v) is 5.83. The van der Waals surface area contributed by atoms with E-state index in [4.69, 9.17) is 0 Å². The van der Waals surface area contributed by atoms with Gasteiger partial charge in [-0.15, -0.1) is 0 Å². The van der Waals surface area contributed by atoms with Crippen LogP contribution in [0.2, 0.25) is 0 Å². The lowest BCUT2D eigenvalue weighted by Gasteiger charge is -2.33. The van der Waals surface area contributed by atoms with Gasteiger partial charge in [0, 0.05) is 10.9 Å². The zero-order valence-corrected chi connectivity index (χ0v) is 11.4. The molecule has 2 heteroatoms. The molecular formula is C14H19BrO. The third-order valence-corrected chi connectivity index (χ3v) is 4.04. The Morgan fingerprint density at radius 2 is 2.19 bits per heavy atom. The fourth-order valence-electron chi connectivity index (χ4n) is 2.53. The maximum atomic E-state index is 10.5. The molecule has 2 rings (SSSR count). The van der Waals surface area contributed by atoms with Gasteiger partial charge in [-0.25, -0.2) is 0 Å². The number of fused-ring (bicyclic) bond motifs is 1. The van der Waals surface area contributed by atoms with Crippen molar-refractivity contribution in [1.82, 2.24) is 0 Å². The highest BCUT2D eigenvalue weighted by Crippen LogP contribution is 2.33. The summed E-state index contributed by atoms with van der Waals surface area (Å²) in [6.07, 6.45) is 5.98. The van der Waals surface area contributed by atoms with Gasteiger partial charge in [0.25, 0.3) is 0 Å². The monoisotopic (exact) mass is 282 g/mol. The van der Waals surface area contributed by atoms with E-state index in [0.717, 1.165) is 43.0 Å². The number of hydrogen-bond donors (Lipinski definition) is 1. The van der Waals surface area contributed by atoms with Crippen LogP contribution in [0.1, 0.15) is 43.7 Å². The van der Waals surface area contributed by atoms with Crippen LogP contribution in [0.3, 0.4) is 0 Å². The van der Waals surface area contributed by atoms with Crippen molar-refractivity contribution in [3.8, 4) is 0 Å². The zero-order chi connectivity index (χ0) is 11.6. The molecule has 1 aliphatic rings. The van der Waals surface area contributed by atoms with Gasteiger partial charge < -0.3 is 5.11 Å². The minimum atomic E-state index is -0.448. The summed E-state index contributed by atoms with van der Waals surface area (Å²) in [7, 11) is 0. The summed E-state index contributed by atoms with van der Waals surface area (Å²) in [5.74, 6) is 0. The zero-order valence-electron chi connectivity index (χ0n) is 9.80. The van der Waals surface area contributed by atoms with Crippen molar-refractivity contribution in [1.29, 1.82) is 0 Å². The highest BCUT2D eigenvalue weighted by molar-refractivity contribution is 9.10. The number of aliphatic hydroxyl groups is 1. The largest absolute Gasteiger partial charge is 0.390 e. The van der Waals surface area contributed by atoms with Gasteiger partial charge in [0.15, 0.2) is 0 Å². The van der Waals surface area contributed by atoms with Gasteiger partial charge in [-0.2, -0.15) is 0 Å². The molecule has 0 fully saturated rings.